The van der Waals surface area contributed by atoms with E-state index in [2.05, 4.69) is 5.32 Å². The lowest BCUT2D eigenvalue weighted by Gasteiger charge is -2.21. The Morgan fingerprint density at radius 2 is 2.10 bits per heavy atom. The van der Waals surface area contributed by atoms with Crippen LogP contribution in [-0.2, 0) is 9.53 Å². The second-order valence-electron chi connectivity index (χ2n) is 5.06. The molecular formula is C15H19Cl2NO3. The summed E-state index contributed by atoms with van der Waals surface area (Å²) in [6.45, 7) is 2.28. The lowest BCUT2D eigenvalue weighted by Crippen LogP contribution is -2.31. The van der Waals surface area contributed by atoms with E-state index in [9.17, 15) is 4.79 Å². The van der Waals surface area contributed by atoms with Crippen molar-refractivity contribution in [3.8, 4) is 5.75 Å². The van der Waals surface area contributed by atoms with Crippen LogP contribution >= 0.6 is 23.2 Å². The van der Waals surface area contributed by atoms with E-state index in [1.807, 2.05) is 0 Å². The third-order valence-electron chi connectivity index (χ3n) is 3.47. The number of carbonyl (C=O) groups excluding carboxylic acids is 1. The largest absolute Gasteiger partial charge is 0.482 e. The molecule has 0 aliphatic carbocycles. The number of benzene rings is 1. The second-order valence-corrected chi connectivity index (χ2v) is 5.90. The van der Waals surface area contributed by atoms with Crippen LogP contribution in [0.2, 0.25) is 10.0 Å². The molecule has 0 radical (unpaired) electrons. The molecule has 0 bridgehead atoms. The molecule has 4 nitrogen and oxygen atoms in total. The summed E-state index contributed by atoms with van der Waals surface area (Å²) in [5, 5.41) is 3.79. The van der Waals surface area contributed by atoms with Gasteiger partial charge >= 0.3 is 0 Å². The highest BCUT2D eigenvalue weighted by Gasteiger charge is 2.14. The maximum atomic E-state index is 11.7. The quantitative estimate of drug-likeness (QED) is 0.869. The molecule has 0 spiro atoms. The summed E-state index contributed by atoms with van der Waals surface area (Å²) in [6, 6.07) is 4.91. The van der Waals surface area contributed by atoms with Crippen LogP contribution in [0.4, 0.5) is 0 Å². The standard InChI is InChI=1S/C15H19Cl2NO3/c16-12-1-2-14(13(17)9-12)21-10-15(19)18-6-3-11-4-7-20-8-5-11/h1-2,9,11H,3-8,10H2,(H,18,19). The van der Waals surface area contributed by atoms with Crippen molar-refractivity contribution >= 4 is 29.1 Å². The SMILES string of the molecule is O=C(COc1ccc(Cl)cc1Cl)NCCC1CCOCC1. The van der Waals surface area contributed by atoms with Gasteiger partial charge in [0.2, 0.25) is 0 Å². The third kappa shape index (κ3) is 5.73. The van der Waals surface area contributed by atoms with E-state index in [-0.39, 0.29) is 12.5 Å². The molecule has 1 heterocycles. The number of hydrogen-bond donors (Lipinski definition) is 1. The lowest BCUT2D eigenvalue weighted by atomic mass is 9.97. The molecule has 0 unspecified atom stereocenters. The fraction of sp³-hybridized carbons (Fsp3) is 0.533. The first-order valence-electron chi connectivity index (χ1n) is 7.07. The zero-order chi connectivity index (χ0) is 15.1. The van der Waals surface area contributed by atoms with Crippen LogP contribution in [0, 0.1) is 5.92 Å². The summed E-state index contributed by atoms with van der Waals surface area (Å²) in [4.78, 5) is 11.7. The van der Waals surface area contributed by atoms with Gasteiger partial charge in [0, 0.05) is 24.8 Å². The number of nitrogens with one attached hydrogen (secondary N) is 1. The van der Waals surface area contributed by atoms with Gasteiger partial charge in [0.1, 0.15) is 5.75 Å². The van der Waals surface area contributed by atoms with E-state index in [1.165, 1.54) is 0 Å². The number of ether oxygens (including phenoxy) is 2. The molecule has 0 saturated carbocycles. The van der Waals surface area contributed by atoms with Crippen molar-refractivity contribution in [3.63, 3.8) is 0 Å². The minimum Gasteiger partial charge on any atom is -0.482 e. The molecule has 0 atom stereocenters. The summed E-state index contributed by atoms with van der Waals surface area (Å²) >= 11 is 11.8. The Morgan fingerprint density at radius 3 is 2.81 bits per heavy atom. The average Bonchev–Trinajstić information content (AvgIpc) is 2.47. The van der Waals surface area contributed by atoms with Gasteiger partial charge in [-0.05, 0) is 43.4 Å². The smallest absolute Gasteiger partial charge is 0.257 e. The highest BCUT2D eigenvalue weighted by atomic mass is 35.5. The molecule has 6 heteroatoms. The Kier molecular flexibility index (Phi) is 6.61. The van der Waals surface area contributed by atoms with E-state index in [4.69, 9.17) is 32.7 Å². The van der Waals surface area contributed by atoms with Gasteiger partial charge < -0.3 is 14.8 Å². The molecule has 1 saturated heterocycles. The normalized spacial score (nSPS) is 15.7. The van der Waals surface area contributed by atoms with Crippen LogP contribution in [0.15, 0.2) is 18.2 Å². The molecule has 21 heavy (non-hydrogen) atoms. The van der Waals surface area contributed by atoms with E-state index in [0.717, 1.165) is 32.5 Å². The number of rotatable bonds is 6. The summed E-state index contributed by atoms with van der Waals surface area (Å²) in [6.07, 6.45) is 3.14. The molecule has 1 aliphatic heterocycles. The van der Waals surface area contributed by atoms with Crippen LogP contribution in [0.25, 0.3) is 0 Å². The van der Waals surface area contributed by atoms with Gasteiger partial charge in [-0.3, -0.25) is 4.79 Å². The molecular weight excluding hydrogens is 313 g/mol. The second kappa shape index (κ2) is 8.47. The Balaban J connectivity index is 1.65. The third-order valence-corrected chi connectivity index (χ3v) is 4.00. The average molecular weight is 332 g/mol. The Labute approximate surface area is 134 Å². The van der Waals surface area contributed by atoms with Gasteiger partial charge in [-0.1, -0.05) is 23.2 Å². The van der Waals surface area contributed by atoms with E-state index >= 15 is 0 Å². The Bertz CT molecular complexity index is 476. The van der Waals surface area contributed by atoms with Gasteiger partial charge in [0.25, 0.3) is 5.91 Å². The zero-order valence-electron chi connectivity index (χ0n) is 11.7. The first-order chi connectivity index (χ1) is 10.1. The van der Waals surface area contributed by atoms with Crippen molar-refractivity contribution in [1.29, 1.82) is 0 Å². The van der Waals surface area contributed by atoms with Crippen molar-refractivity contribution in [1.82, 2.24) is 5.32 Å². The van der Waals surface area contributed by atoms with Gasteiger partial charge in [0.15, 0.2) is 6.61 Å². The van der Waals surface area contributed by atoms with E-state index < -0.39 is 0 Å². The highest BCUT2D eigenvalue weighted by Crippen LogP contribution is 2.27. The van der Waals surface area contributed by atoms with E-state index in [0.29, 0.717) is 28.3 Å². The Hall–Kier alpha value is -0.970. The first-order valence-corrected chi connectivity index (χ1v) is 7.83. The molecule has 1 aromatic rings. The summed E-state index contributed by atoms with van der Waals surface area (Å²) < 4.78 is 10.7. The van der Waals surface area contributed by atoms with Crippen LogP contribution in [0.1, 0.15) is 19.3 Å². The van der Waals surface area contributed by atoms with Crippen LogP contribution in [-0.4, -0.2) is 32.3 Å². The zero-order valence-corrected chi connectivity index (χ0v) is 13.3. The molecule has 1 N–H and O–H groups in total. The topological polar surface area (TPSA) is 47.6 Å². The number of amides is 1. The van der Waals surface area contributed by atoms with Gasteiger partial charge in [-0.15, -0.1) is 0 Å². The van der Waals surface area contributed by atoms with Gasteiger partial charge in [-0.2, -0.15) is 0 Å². The van der Waals surface area contributed by atoms with Crippen molar-refractivity contribution in [2.75, 3.05) is 26.4 Å². The summed E-state index contributed by atoms with van der Waals surface area (Å²) in [7, 11) is 0. The fourth-order valence-corrected chi connectivity index (χ4v) is 2.70. The van der Waals surface area contributed by atoms with Crippen molar-refractivity contribution < 1.29 is 14.3 Å². The van der Waals surface area contributed by atoms with Crippen LogP contribution < -0.4 is 10.1 Å². The van der Waals surface area contributed by atoms with Gasteiger partial charge in [-0.25, -0.2) is 0 Å². The summed E-state index contributed by atoms with van der Waals surface area (Å²) in [5.74, 6) is 0.958. The van der Waals surface area contributed by atoms with Crippen LogP contribution in [0.5, 0.6) is 5.75 Å². The fourth-order valence-electron chi connectivity index (χ4n) is 2.24. The van der Waals surface area contributed by atoms with Crippen LogP contribution in [0.3, 0.4) is 0 Å². The van der Waals surface area contributed by atoms with Crippen molar-refractivity contribution in [2.24, 2.45) is 5.92 Å². The minimum atomic E-state index is -0.145. The molecule has 1 amide bonds. The predicted octanol–water partition coefficient (Wildman–Crippen LogP) is 3.31. The van der Waals surface area contributed by atoms with Crippen molar-refractivity contribution in [3.05, 3.63) is 28.2 Å². The number of halogens is 2. The summed E-state index contributed by atoms with van der Waals surface area (Å²) in [5.41, 5.74) is 0. The van der Waals surface area contributed by atoms with Gasteiger partial charge in [0.05, 0.1) is 5.02 Å². The maximum absolute atomic E-state index is 11.7. The molecule has 1 aromatic carbocycles. The highest BCUT2D eigenvalue weighted by molar-refractivity contribution is 6.35. The predicted molar refractivity (Wildman–Crippen MR) is 83.1 cm³/mol. The molecule has 116 valence electrons. The maximum Gasteiger partial charge on any atom is 0.257 e. The molecule has 0 aromatic heterocycles. The molecule has 1 fully saturated rings. The monoisotopic (exact) mass is 331 g/mol. The number of hydrogen-bond acceptors (Lipinski definition) is 3. The van der Waals surface area contributed by atoms with E-state index in [1.54, 1.807) is 18.2 Å². The number of carbonyl (C=O) groups is 1. The lowest BCUT2D eigenvalue weighted by molar-refractivity contribution is -0.123. The van der Waals surface area contributed by atoms with Crippen molar-refractivity contribution in [2.45, 2.75) is 19.3 Å². The minimum absolute atomic E-state index is 0.0465. The molecule has 1 aliphatic rings. The first kappa shape index (κ1) is 16.4. The molecule has 2 rings (SSSR count). The Morgan fingerprint density at radius 1 is 1.33 bits per heavy atom.